The van der Waals surface area contributed by atoms with Crippen LogP contribution in [-0.4, -0.2) is 206 Å². The van der Waals surface area contributed by atoms with E-state index in [1.165, 1.54) is 23.6 Å². The topological polar surface area (TPSA) is 276 Å². The number of rotatable bonds is 19. The summed E-state index contributed by atoms with van der Waals surface area (Å²) < 4.78 is 45.2. The molecule has 682 valence electrons. The van der Waals surface area contributed by atoms with Gasteiger partial charge in [-0.25, -0.2) is 44.9 Å². The lowest BCUT2D eigenvalue weighted by Crippen LogP contribution is -2.36. The second kappa shape index (κ2) is 42.4. The third-order valence-corrected chi connectivity index (χ3v) is 25.6. The van der Waals surface area contributed by atoms with Gasteiger partial charge in [0.2, 0.25) is 23.8 Å². The fraction of sp³-hybridized carbons (Fsp3) is 0.333. The number of nitrogens with one attached hydrogen (secondary N) is 8. The van der Waals surface area contributed by atoms with Crippen LogP contribution >= 0.6 is 83.7 Å². The van der Waals surface area contributed by atoms with Gasteiger partial charge in [-0.3, -0.25) is 15.0 Å². The number of aryl methyl sites for hydroxylation is 4. The smallest absolute Gasteiger partial charge is 0.378 e. The lowest BCUT2D eigenvalue weighted by molar-refractivity contribution is -0.137. The molecular weight excluding hydrogens is 1810 g/mol. The molecule has 0 amide bonds. The van der Waals surface area contributed by atoms with E-state index in [1.807, 2.05) is 131 Å². The van der Waals surface area contributed by atoms with Gasteiger partial charge in [-0.1, -0.05) is 89.7 Å². The summed E-state index contributed by atoms with van der Waals surface area (Å²) in [5.41, 5.74) is 22.1. The number of alkyl halides is 3. The van der Waals surface area contributed by atoms with E-state index in [-0.39, 0.29) is 5.69 Å². The second-order valence-electron chi connectivity index (χ2n) is 34.2. The Balaban J connectivity index is 0.000000129. The fourth-order valence-electron chi connectivity index (χ4n) is 16.6. The number of benzene rings is 4. The molecule has 0 aliphatic carbocycles. The Labute approximate surface area is 802 Å². The van der Waals surface area contributed by atoms with E-state index in [9.17, 15) is 13.2 Å². The maximum Gasteiger partial charge on any atom is 0.416 e. The molecule has 7 aliphatic rings. The summed E-state index contributed by atoms with van der Waals surface area (Å²) in [6.45, 7) is 15.7. The predicted molar refractivity (Wildman–Crippen MR) is 540 cm³/mol. The minimum absolute atomic E-state index is 0.283. The van der Waals surface area contributed by atoms with Crippen molar-refractivity contribution in [2.24, 2.45) is 0 Å². The van der Waals surface area contributed by atoms with Crippen molar-refractivity contribution in [3.8, 4) is 45.0 Å². The van der Waals surface area contributed by atoms with Crippen LogP contribution in [0.25, 0.3) is 45.0 Å². The molecule has 0 spiro atoms. The number of piperidine rings is 1. The van der Waals surface area contributed by atoms with Gasteiger partial charge in [0.25, 0.3) is 0 Å². The van der Waals surface area contributed by atoms with Crippen LogP contribution in [0.4, 0.5) is 88.3 Å². The molecule has 1 atom stereocenters. The Morgan fingerprint density at radius 3 is 1.33 bits per heavy atom. The summed E-state index contributed by atoms with van der Waals surface area (Å²) >= 11 is 40.4. The van der Waals surface area contributed by atoms with Crippen LogP contribution in [0.3, 0.4) is 0 Å². The zero-order chi connectivity index (χ0) is 92.4. The first-order valence-corrected chi connectivity index (χ1v) is 46.5. The number of aromatic nitrogens is 12. The Morgan fingerprint density at radius 1 is 0.462 bits per heavy atom. The van der Waals surface area contributed by atoms with Gasteiger partial charge in [-0.2, -0.15) is 13.2 Å². The Hall–Kier alpha value is -11.2. The molecule has 1 unspecified atom stereocenters. The molecule has 0 radical (unpaired) electrons. The number of likely N-dealkylation sites (N-methyl/N-ethyl adjacent to an activating group) is 1. The maximum atomic E-state index is 13.3. The van der Waals surface area contributed by atoms with Crippen LogP contribution < -0.4 is 47.4 Å². The molecule has 3 fully saturated rings. The van der Waals surface area contributed by atoms with Crippen LogP contribution in [0.15, 0.2) is 153 Å². The van der Waals surface area contributed by atoms with Crippen molar-refractivity contribution in [1.82, 2.24) is 79.4 Å². The van der Waals surface area contributed by atoms with Gasteiger partial charge in [-0.05, 0) is 247 Å². The van der Waals surface area contributed by atoms with E-state index in [2.05, 4.69) is 159 Å². The first-order valence-electron chi connectivity index (χ1n) is 43.8. The summed E-state index contributed by atoms with van der Waals surface area (Å²) in [4.78, 5) is 69.8. The molecule has 7 aliphatic heterocycles. The number of anilines is 13. The lowest BCUT2D eigenvalue weighted by atomic mass is 9.90. The average Bonchev–Trinajstić information content (AvgIpc) is 1.54. The van der Waals surface area contributed by atoms with Crippen LogP contribution in [0.5, 0.6) is 0 Å². The monoisotopic (exact) mass is 1910 g/mol. The van der Waals surface area contributed by atoms with E-state index in [1.54, 1.807) is 12.4 Å². The fourth-order valence-corrected chi connectivity index (χ4v) is 18.2. The molecule has 26 nitrogen and oxygen atoms in total. The lowest BCUT2D eigenvalue weighted by Gasteiger charge is -2.29. The summed E-state index contributed by atoms with van der Waals surface area (Å²) in [5.74, 6) is 3.41. The van der Waals surface area contributed by atoms with Gasteiger partial charge < -0.3 is 71.8 Å². The van der Waals surface area contributed by atoms with E-state index < -0.39 is 11.7 Å². The first-order chi connectivity index (χ1) is 63.6. The summed E-state index contributed by atoms with van der Waals surface area (Å²) in [6.07, 6.45) is 20.1. The second-order valence-corrected chi connectivity index (χ2v) is 37.4. The van der Waals surface area contributed by atoms with Crippen LogP contribution in [-0.2, 0) is 49.4 Å². The third kappa shape index (κ3) is 23.9. The molecule has 36 heteroatoms. The number of fused-ring (bicyclic) bond motifs is 12. The summed E-state index contributed by atoms with van der Waals surface area (Å²) in [6, 6.07) is 31.7. The van der Waals surface area contributed by atoms with Gasteiger partial charge in [0, 0.05) is 184 Å². The van der Waals surface area contributed by atoms with Gasteiger partial charge >= 0.3 is 6.18 Å². The molecule has 8 N–H and O–H groups in total. The van der Waals surface area contributed by atoms with Crippen LogP contribution in [0.2, 0.25) is 15.1 Å². The molecule has 12 aromatic rings. The summed E-state index contributed by atoms with van der Waals surface area (Å²) in [5, 5.41) is 28.0. The van der Waals surface area contributed by atoms with Crippen molar-refractivity contribution in [1.29, 1.82) is 0 Å². The highest BCUT2D eigenvalue weighted by Gasteiger charge is 2.34. The molecule has 19 rings (SSSR count). The summed E-state index contributed by atoms with van der Waals surface area (Å²) in [7, 11) is 10.6. The SMILES string of the molecule is Cc1ncc(C2CCN(C)CC2)cc1Nc1ncc2c(n1)-c1ccc(Cl)cc1NC(=S)C2.Cc1ncc(CCCCN(C)C)cc1Nc1ncc2c(n1)-c1ccc(C(F)(F)F)cc1NC(=S)C2.Cc1ncc(CCN2CCC(N(C)C)C2)cc1Nc1ncc2c(n1)-c1ccc(Cl)cc1NC(=S)C2.S=C1Cc2cnc(Nc3ccc(N4CCOCC4)nc3)nc2-c2ccc(Cl)cc2N1. The number of nitrogens with zero attached hydrogens (tertiary/aromatic N) is 17. The van der Waals surface area contributed by atoms with Crippen molar-refractivity contribution in [2.45, 2.75) is 110 Å². The molecule has 0 saturated carbocycles. The van der Waals surface area contributed by atoms with Crippen molar-refractivity contribution < 1.29 is 17.9 Å². The predicted octanol–water partition coefficient (Wildman–Crippen LogP) is 19.9. The number of pyridine rings is 4. The normalized spacial score (nSPS) is 15.8. The highest BCUT2D eigenvalue weighted by Crippen LogP contribution is 2.43. The molecular formula is C96H101Cl3F3N25OS4. The van der Waals surface area contributed by atoms with Crippen molar-refractivity contribution in [3.05, 3.63) is 229 Å². The Bertz CT molecular complexity index is 6300. The highest BCUT2D eigenvalue weighted by atomic mass is 35.5. The van der Waals surface area contributed by atoms with E-state index in [4.69, 9.17) is 103 Å². The van der Waals surface area contributed by atoms with Crippen LogP contribution in [0.1, 0.15) is 99.6 Å². The van der Waals surface area contributed by atoms with E-state index >= 15 is 0 Å². The number of unbranched alkanes of at least 4 members (excludes halogenated alkanes) is 1. The molecule has 3 saturated heterocycles. The van der Waals surface area contributed by atoms with E-state index in [0.717, 1.165) is 251 Å². The Kier molecular flexibility index (Phi) is 30.2. The number of hydrogen-bond donors (Lipinski definition) is 8. The van der Waals surface area contributed by atoms with Crippen molar-refractivity contribution in [2.75, 3.05) is 148 Å². The molecule has 4 aromatic carbocycles. The third-order valence-electron chi connectivity index (χ3n) is 23.9. The zero-order valence-electron chi connectivity index (χ0n) is 74.3. The van der Waals surface area contributed by atoms with E-state index in [0.29, 0.717) is 97.7 Å². The molecule has 0 bridgehead atoms. The minimum atomic E-state index is -4.45. The number of morpholine rings is 1. The molecule has 132 heavy (non-hydrogen) atoms. The van der Waals surface area contributed by atoms with Crippen LogP contribution in [0, 0.1) is 20.8 Å². The van der Waals surface area contributed by atoms with Crippen molar-refractivity contribution in [3.63, 3.8) is 0 Å². The standard InChI is InChI=1S/C26H30ClN7S.C25H27F3N6S.C24H25ClN6S.C21H19ClN6OS/c1-16-22(10-17(13-28-16)6-8-34-9-7-20(15-34)33(2)3)31-26-29-14-18-11-24(35)30-23-12-19(27)4-5-21(23)25(18)32-26;1-15-20(10-16(13-29-15)6-4-5-9-34(2)3)32-24-30-14-17-11-22(35)31-21-12-18(25(26,27)28)7-8-19(21)23(17)33-24;1-14-20(9-16(12-26-14)15-5-7-31(2)8-6-15)29-24-27-13-17-10-22(32)28-21-11-18(25)3-4-19(21)23(17)30-24;22-14-1-3-16-17(10-14)26-19(30)9-13-11-24-21(27-20(13)16)25-15-2-4-18(23-12-15)28-5-7-29-8-6-28/h4-5,10,12-14,20H,6-9,11,15H2,1-3H3,(H,30,35)(H,29,31,32);7-8,10,12-14H,4-6,9,11H2,1-3H3,(H,31,35)(H,30,32,33);3-4,9,11-13,15H,5-8,10H2,1-2H3,(H,28,32)(H,27,29,30);1-4,10-12H,5-9H2,(H,26,30)(H,24,25,27). The zero-order valence-corrected chi connectivity index (χ0v) is 79.9. The highest BCUT2D eigenvalue weighted by molar-refractivity contribution is 7.81. The molecule has 15 heterocycles. The average molecular weight is 1910 g/mol. The quantitative estimate of drug-likeness (QED) is 0.0276. The molecule has 8 aromatic heterocycles. The number of ether oxygens (including phenoxy) is 1. The van der Waals surface area contributed by atoms with Gasteiger partial charge in [0.1, 0.15) is 5.82 Å². The van der Waals surface area contributed by atoms with Gasteiger partial charge in [0.05, 0.1) is 108 Å². The largest absolute Gasteiger partial charge is 0.416 e. The van der Waals surface area contributed by atoms with Gasteiger partial charge in [0.15, 0.2) is 0 Å². The Morgan fingerprint density at radius 2 is 0.894 bits per heavy atom. The maximum absolute atomic E-state index is 13.3. The number of likely N-dealkylation sites (tertiary alicyclic amines) is 2. The van der Waals surface area contributed by atoms with Gasteiger partial charge in [-0.15, -0.1) is 0 Å². The van der Waals surface area contributed by atoms with Crippen molar-refractivity contribution >= 4 is 179 Å². The minimum Gasteiger partial charge on any atom is -0.378 e. The number of thiocarbonyl (C=S) groups is 4. The number of hydrogen-bond acceptors (Lipinski definition) is 26. The first kappa shape index (κ1) is 94.0. The number of halogens is 6.